The highest BCUT2D eigenvalue weighted by Crippen LogP contribution is 2.17. The summed E-state index contributed by atoms with van der Waals surface area (Å²) in [5, 5.41) is 11.0. The number of carbonyl (C=O) groups excluding carboxylic acids is 2. The molecule has 0 aromatic carbocycles. The number of aliphatic carboxylic acids is 1. The summed E-state index contributed by atoms with van der Waals surface area (Å²) < 4.78 is 5.86. The van der Waals surface area contributed by atoms with Gasteiger partial charge in [-0.05, 0) is 70.6 Å². The van der Waals surface area contributed by atoms with Crippen molar-refractivity contribution >= 4 is 17.8 Å². The van der Waals surface area contributed by atoms with Gasteiger partial charge >= 0.3 is 11.9 Å². The molecule has 0 aromatic rings. The summed E-state index contributed by atoms with van der Waals surface area (Å²) in [7, 11) is 0. The molecule has 238 valence electrons. The molecule has 0 heterocycles. The van der Waals surface area contributed by atoms with Gasteiger partial charge in [0.05, 0.1) is 0 Å². The van der Waals surface area contributed by atoms with E-state index in [-0.39, 0.29) is 24.5 Å². The molecule has 0 aliphatic heterocycles. The average Bonchev–Trinajstić information content (AvgIpc) is 2.95. The number of hydrogen-bond donors (Lipinski definition) is 2. The minimum atomic E-state index is -1.03. The molecule has 0 bridgehead atoms. The molecule has 6 heteroatoms. The minimum Gasteiger partial charge on any atom is -0.480 e. The fourth-order valence-corrected chi connectivity index (χ4v) is 4.84. The Bertz CT molecular complexity index is 688. The molecule has 0 rings (SSSR count). The fourth-order valence-electron chi connectivity index (χ4n) is 4.84. The Kier molecular flexibility index (Phi) is 29.3. The number of amides is 1. The van der Waals surface area contributed by atoms with Gasteiger partial charge in [0.15, 0.2) is 0 Å². The first-order chi connectivity index (χ1) is 20.0. The number of ether oxygens (including phenoxy) is 1. The van der Waals surface area contributed by atoms with Crippen molar-refractivity contribution in [3.8, 4) is 0 Å². The summed E-state index contributed by atoms with van der Waals surface area (Å²) in [6.45, 7) is 4.11. The molecule has 1 amide bonds. The van der Waals surface area contributed by atoms with E-state index in [4.69, 9.17) is 9.84 Å². The Balaban J connectivity index is 3.89. The van der Waals surface area contributed by atoms with E-state index in [2.05, 4.69) is 43.5 Å². The highest BCUT2D eigenvalue weighted by molar-refractivity contribution is 5.80. The van der Waals surface area contributed by atoms with Crippen LogP contribution in [0.2, 0.25) is 0 Å². The molecule has 0 aliphatic rings. The SMILES string of the molecule is CCCCC/C=C\C/C=C\CCCCCCCCCC(=O)OC(CCCCCC)CCCCCC(=O)NCC(=O)O. The zero-order valence-electron chi connectivity index (χ0n) is 26.6. The van der Waals surface area contributed by atoms with Gasteiger partial charge in [0.25, 0.3) is 0 Å². The molecule has 0 aliphatic carbocycles. The molecule has 0 radical (unpaired) electrons. The van der Waals surface area contributed by atoms with E-state index >= 15 is 0 Å². The summed E-state index contributed by atoms with van der Waals surface area (Å²) in [5.74, 6) is -1.32. The lowest BCUT2D eigenvalue weighted by Crippen LogP contribution is -2.28. The highest BCUT2D eigenvalue weighted by Gasteiger charge is 2.14. The Morgan fingerprint density at radius 2 is 1.12 bits per heavy atom. The van der Waals surface area contributed by atoms with E-state index in [9.17, 15) is 14.4 Å². The van der Waals surface area contributed by atoms with Gasteiger partial charge in [0.2, 0.25) is 5.91 Å². The molecule has 1 unspecified atom stereocenters. The summed E-state index contributed by atoms with van der Waals surface area (Å²) in [5.41, 5.74) is 0. The number of carbonyl (C=O) groups is 3. The van der Waals surface area contributed by atoms with Crippen LogP contribution in [0.15, 0.2) is 24.3 Å². The van der Waals surface area contributed by atoms with E-state index in [1.165, 1.54) is 83.5 Å². The maximum Gasteiger partial charge on any atom is 0.322 e. The molecular weight excluding hydrogens is 514 g/mol. The normalized spacial score (nSPS) is 12.2. The van der Waals surface area contributed by atoms with Crippen molar-refractivity contribution in [1.82, 2.24) is 5.32 Å². The molecule has 41 heavy (non-hydrogen) atoms. The van der Waals surface area contributed by atoms with Gasteiger partial charge in [-0.15, -0.1) is 0 Å². The summed E-state index contributed by atoms with van der Waals surface area (Å²) in [6.07, 6.45) is 34.5. The quantitative estimate of drug-likeness (QED) is 0.0504. The lowest BCUT2D eigenvalue weighted by atomic mass is 10.0. The Morgan fingerprint density at radius 3 is 1.73 bits per heavy atom. The van der Waals surface area contributed by atoms with Crippen LogP contribution in [0, 0.1) is 0 Å². The third-order valence-corrected chi connectivity index (χ3v) is 7.38. The molecule has 6 nitrogen and oxygen atoms in total. The van der Waals surface area contributed by atoms with Crippen LogP contribution in [0.3, 0.4) is 0 Å². The number of allylic oxidation sites excluding steroid dienone is 4. The minimum absolute atomic E-state index is 0.0314. The van der Waals surface area contributed by atoms with Crippen molar-refractivity contribution in [2.24, 2.45) is 0 Å². The monoisotopic (exact) mass is 577 g/mol. The van der Waals surface area contributed by atoms with Gasteiger partial charge in [-0.25, -0.2) is 0 Å². The third-order valence-electron chi connectivity index (χ3n) is 7.38. The number of esters is 1. The van der Waals surface area contributed by atoms with E-state index in [1.54, 1.807) is 0 Å². The van der Waals surface area contributed by atoms with Crippen molar-refractivity contribution < 1.29 is 24.2 Å². The number of hydrogen-bond acceptors (Lipinski definition) is 4. The highest BCUT2D eigenvalue weighted by atomic mass is 16.5. The topological polar surface area (TPSA) is 92.7 Å². The van der Waals surface area contributed by atoms with E-state index in [0.717, 1.165) is 57.8 Å². The van der Waals surface area contributed by atoms with Crippen molar-refractivity contribution in [2.45, 2.75) is 174 Å². The molecule has 1 atom stereocenters. The predicted octanol–water partition coefficient (Wildman–Crippen LogP) is 9.61. The predicted molar refractivity (Wildman–Crippen MR) is 171 cm³/mol. The van der Waals surface area contributed by atoms with Gasteiger partial charge < -0.3 is 15.2 Å². The van der Waals surface area contributed by atoms with Crippen LogP contribution in [0.4, 0.5) is 0 Å². The number of carboxylic acid groups (broad SMARTS) is 1. The van der Waals surface area contributed by atoms with Crippen LogP contribution >= 0.6 is 0 Å². The standard InChI is InChI=1S/C35H63NO5/c1-3-5-7-9-10-11-12-13-14-15-16-17-18-19-20-21-26-30-35(40)41-32(27-23-8-6-4-2)28-24-22-25-29-33(37)36-31-34(38)39/h10-11,13-14,32H,3-9,12,15-31H2,1-2H3,(H,36,37)(H,38,39)/b11-10-,14-13-. The number of carboxylic acids is 1. The lowest BCUT2D eigenvalue weighted by Gasteiger charge is -2.18. The zero-order chi connectivity index (χ0) is 30.2. The smallest absolute Gasteiger partial charge is 0.322 e. The number of unbranched alkanes of at least 4 members (excludes halogenated alkanes) is 15. The first-order valence-electron chi connectivity index (χ1n) is 17.0. The molecule has 0 spiro atoms. The van der Waals surface area contributed by atoms with E-state index < -0.39 is 5.97 Å². The fraction of sp³-hybridized carbons (Fsp3) is 0.800. The van der Waals surface area contributed by atoms with Crippen molar-refractivity contribution in [3.05, 3.63) is 24.3 Å². The molecule has 0 saturated heterocycles. The third kappa shape index (κ3) is 30.7. The van der Waals surface area contributed by atoms with Crippen LogP contribution < -0.4 is 5.32 Å². The molecule has 2 N–H and O–H groups in total. The van der Waals surface area contributed by atoms with Gasteiger partial charge in [0.1, 0.15) is 12.6 Å². The molecule has 0 saturated carbocycles. The molecular formula is C35H63NO5. The second-order valence-electron chi connectivity index (χ2n) is 11.4. The Hall–Kier alpha value is -2.11. The Morgan fingerprint density at radius 1 is 0.634 bits per heavy atom. The van der Waals surface area contributed by atoms with Crippen molar-refractivity contribution in [2.75, 3.05) is 6.54 Å². The second kappa shape index (κ2) is 30.8. The van der Waals surface area contributed by atoms with Crippen molar-refractivity contribution in [1.29, 1.82) is 0 Å². The summed E-state index contributed by atoms with van der Waals surface area (Å²) in [6, 6.07) is 0. The number of rotatable bonds is 30. The van der Waals surface area contributed by atoms with Crippen molar-refractivity contribution in [3.63, 3.8) is 0 Å². The first-order valence-corrected chi connectivity index (χ1v) is 17.0. The summed E-state index contributed by atoms with van der Waals surface area (Å²) >= 11 is 0. The van der Waals surface area contributed by atoms with Gasteiger partial charge in [-0.2, -0.15) is 0 Å². The average molecular weight is 578 g/mol. The largest absolute Gasteiger partial charge is 0.480 e. The lowest BCUT2D eigenvalue weighted by molar-refractivity contribution is -0.150. The maximum atomic E-state index is 12.5. The van der Waals surface area contributed by atoms with Gasteiger partial charge in [0, 0.05) is 12.8 Å². The Labute approximate surface area is 252 Å². The van der Waals surface area contributed by atoms with Crippen LogP contribution in [0.1, 0.15) is 168 Å². The van der Waals surface area contributed by atoms with Crippen LogP contribution in [0.25, 0.3) is 0 Å². The van der Waals surface area contributed by atoms with Crippen LogP contribution in [-0.2, 0) is 19.1 Å². The maximum absolute atomic E-state index is 12.5. The second-order valence-corrected chi connectivity index (χ2v) is 11.4. The van der Waals surface area contributed by atoms with Gasteiger partial charge in [-0.1, -0.05) is 109 Å². The van der Waals surface area contributed by atoms with Gasteiger partial charge in [-0.3, -0.25) is 14.4 Å². The number of nitrogens with one attached hydrogen (secondary N) is 1. The zero-order valence-corrected chi connectivity index (χ0v) is 26.6. The van der Waals surface area contributed by atoms with E-state index in [0.29, 0.717) is 12.8 Å². The van der Waals surface area contributed by atoms with E-state index in [1.807, 2.05) is 0 Å². The first kappa shape index (κ1) is 38.9. The summed E-state index contributed by atoms with van der Waals surface area (Å²) in [4.78, 5) is 34.6. The molecule has 0 fully saturated rings. The molecule has 0 aromatic heterocycles. The van der Waals surface area contributed by atoms with Crippen LogP contribution in [-0.4, -0.2) is 35.6 Å². The van der Waals surface area contributed by atoms with Crippen LogP contribution in [0.5, 0.6) is 0 Å².